The Balaban J connectivity index is 2.59. The van der Waals surface area contributed by atoms with Crippen LogP contribution >= 0.6 is 0 Å². The summed E-state index contributed by atoms with van der Waals surface area (Å²) in [4.78, 5) is 31.1. The predicted molar refractivity (Wildman–Crippen MR) is 61.9 cm³/mol. The van der Waals surface area contributed by atoms with Crippen molar-refractivity contribution in [1.82, 2.24) is 9.66 Å². The highest BCUT2D eigenvalue weighted by Crippen LogP contribution is 2.07. The summed E-state index contributed by atoms with van der Waals surface area (Å²) in [6.45, 7) is 0.190. The number of hydrogen-bond donors (Lipinski definition) is 1. The molecule has 0 aliphatic heterocycles. The first kappa shape index (κ1) is 12.0. The maximum atomic E-state index is 12.8. The lowest BCUT2D eigenvalue weighted by molar-refractivity contribution is -0.139. The lowest BCUT2D eigenvalue weighted by Crippen LogP contribution is -2.33. The van der Waals surface area contributed by atoms with E-state index in [4.69, 9.17) is 0 Å². The SMILES string of the molecule is CC(=O)ONn1c(CF)nc2ccccc2c1=O. The molecule has 0 amide bonds. The van der Waals surface area contributed by atoms with Crippen LogP contribution in [0, 0.1) is 0 Å². The van der Waals surface area contributed by atoms with Crippen LogP contribution in [0.25, 0.3) is 10.9 Å². The molecular weight excluding hydrogens is 241 g/mol. The third-order valence-corrected chi connectivity index (χ3v) is 2.25. The van der Waals surface area contributed by atoms with E-state index in [0.717, 1.165) is 11.6 Å². The minimum atomic E-state index is -0.964. The Morgan fingerprint density at radius 2 is 2.22 bits per heavy atom. The average Bonchev–Trinajstić information content (AvgIpc) is 2.37. The van der Waals surface area contributed by atoms with Crippen LogP contribution in [0.4, 0.5) is 4.39 Å². The lowest BCUT2D eigenvalue weighted by Gasteiger charge is -2.11. The molecule has 1 aromatic heterocycles. The number of fused-ring (bicyclic) bond motifs is 1. The highest BCUT2D eigenvalue weighted by molar-refractivity contribution is 5.77. The summed E-state index contributed by atoms with van der Waals surface area (Å²) in [7, 11) is 0. The fourth-order valence-electron chi connectivity index (χ4n) is 1.47. The molecule has 0 spiro atoms. The van der Waals surface area contributed by atoms with E-state index < -0.39 is 18.2 Å². The standard InChI is InChI=1S/C11H10FN3O3/c1-7(16)18-14-15-10(6-12)13-9-5-3-2-4-8(9)11(15)17/h2-5,14H,6H2,1H3. The Kier molecular flexibility index (Phi) is 3.22. The minimum absolute atomic E-state index is 0.167. The van der Waals surface area contributed by atoms with Crippen LogP contribution in [0.15, 0.2) is 29.1 Å². The van der Waals surface area contributed by atoms with Crippen molar-refractivity contribution in [3.05, 3.63) is 40.4 Å². The van der Waals surface area contributed by atoms with Crippen molar-refractivity contribution in [3.8, 4) is 0 Å². The van der Waals surface area contributed by atoms with Gasteiger partial charge >= 0.3 is 5.97 Å². The third kappa shape index (κ3) is 2.15. The quantitative estimate of drug-likeness (QED) is 0.820. The summed E-state index contributed by atoms with van der Waals surface area (Å²) in [5.74, 6) is -0.820. The fraction of sp³-hybridized carbons (Fsp3) is 0.182. The van der Waals surface area contributed by atoms with E-state index in [9.17, 15) is 14.0 Å². The summed E-state index contributed by atoms with van der Waals surface area (Å²) >= 11 is 0. The number of hydrogen-bond acceptors (Lipinski definition) is 5. The van der Waals surface area contributed by atoms with Gasteiger partial charge in [-0.1, -0.05) is 12.1 Å². The van der Waals surface area contributed by atoms with Gasteiger partial charge < -0.3 is 4.84 Å². The van der Waals surface area contributed by atoms with E-state index in [0.29, 0.717) is 10.9 Å². The van der Waals surface area contributed by atoms with Crippen molar-refractivity contribution in [3.63, 3.8) is 0 Å². The average molecular weight is 251 g/mol. The van der Waals surface area contributed by atoms with Gasteiger partial charge in [0.15, 0.2) is 5.82 Å². The molecule has 18 heavy (non-hydrogen) atoms. The molecular formula is C11H10FN3O3. The third-order valence-electron chi connectivity index (χ3n) is 2.25. The zero-order valence-electron chi connectivity index (χ0n) is 9.51. The van der Waals surface area contributed by atoms with Crippen molar-refractivity contribution >= 4 is 16.9 Å². The molecule has 1 heterocycles. The number of halogens is 1. The van der Waals surface area contributed by atoms with Gasteiger partial charge in [-0.2, -0.15) is 4.68 Å². The molecule has 0 radical (unpaired) electrons. The van der Waals surface area contributed by atoms with Gasteiger partial charge in [-0.15, -0.1) is 5.59 Å². The number of aromatic nitrogens is 2. The zero-order valence-corrected chi connectivity index (χ0v) is 9.51. The van der Waals surface area contributed by atoms with Gasteiger partial charge in [0.2, 0.25) is 0 Å². The normalized spacial score (nSPS) is 10.3. The van der Waals surface area contributed by atoms with Gasteiger partial charge in [-0.3, -0.25) is 4.79 Å². The van der Waals surface area contributed by atoms with Gasteiger partial charge in [-0.05, 0) is 12.1 Å². The molecule has 0 aliphatic rings. The van der Waals surface area contributed by atoms with Crippen LogP contribution in [0.5, 0.6) is 0 Å². The fourth-order valence-corrected chi connectivity index (χ4v) is 1.47. The number of rotatable bonds is 3. The summed E-state index contributed by atoms with van der Waals surface area (Å²) in [6.07, 6.45) is 0. The minimum Gasteiger partial charge on any atom is -0.328 e. The molecule has 0 aliphatic carbocycles. The first-order valence-corrected chi connectivity index (χ1v) is 5.13. The Hall–Kier alpha value is -2.44. The monoisotopic (exact) mass is 251 g/mol. The maximum Gasteiger partial charge on any atom is 0.331 e. The van der Waals surface area contributed by atoms with Crippen molar-refractivity contribution < 1.29 is 14.0 Å². The molecule has 6 nitrogen and oxygen atoms in total. The van der Waals surface area contributed by atoms with Crippen molar-refractivity contribution in [2.75, 3.05) is 5.59 Å². The lowest BCUT2D eigenvalue weighted by atomic mass is 10.2. The molecule has 7 heteroatoms. The predicted octanol–water partition coefficient (Wildman–Crippen LogP) is 0.888. The Labute approximate surface area is 101 Å². The summed E-state index contributed by atoms with van der Waals surface area (Å²) in [5.41, 5.74) is 1.93. The molecule has 0 saturated carbocycles. The van der Waals surface area contributed by atoms with E-state index in [2.05, 4.69) is 15.4 Å². The van der Waals surface area contributed by atoms with Gasteiger partial charge in [0, 0.05) is 6.92 Å². The zero-order chi connectivity index (χ0) is 13.1. The summed E-state index contributed by atoms with van der Waals surface area (Å²) in [5, 5.41) is 0.300. The number of carbonyl (C=O) groups excluding carboxylic acids is 1. The van der Waals surface area contributed by atoms with E-state index in [1.807, 2.05) is 0 Å². The van der Waals surface area contributed by atoms with E-state index in [1.165, 1.54) is 0 Å². The molecule has 94 valence electrons. The first-order valence-electron chi connectivity index (χ1n) is 5.13. The Morgan fingerprint density at radius 1 is 1.50 bits per heavy atom. The second-order valence-corrected chi connectivity index (χ2v) is 3.50. The second-order valence-electron chi connectivity index (χ2n) is 3.50. The molecule has 0 saturated heterocycles. The van der Waals surface area contributed by atoms with Crippen molar-refractivity contribution in [2.45, 2.75) is 13.6 Å². The molecule has 0 fully saturated rings. The molecule has 2 aromatic rings. The topological polar surface area (TPSA) is 73.2 Å². The van der Waals surface area contributed by atoms with Gasteiger partial charge in [-0.25, -0.2) is 14.2 Å². The van der Waals surface area contributed by atoms with Gasteiger partial charge in [0.05, 0.1) is 10.9 Å². The molecule has 1 N–H and O–H groups in total. The smallest absolute Gasteiger partial charge is 0.328 e. The molecule has 0 bridgehead atoms. The van der Waals surface area contributed by atoms with Crippen LogP contribution < -0.4 is 11.1 Å². The number of para-hydroxylation sites is 1. The highest BCUT2D eigenvalue weighted by atomic mass is 19.1. The van der Waals surface area contributed by atoms with Crippen molar-refractivity contribution in [2.24, 2.45) is 0 Å². The summed E-state index contributed by atoms with van der Waals surface area (Å²) in [6, 6.07) is 6.52. The number of nitrogens with one attached hydrogen (secondary N) is 1. The van der Waals surface area contributed by atoms with E-state index >= 15 is 0 Å². The first-order chi connectivity index (χ1) is 8.63. The van der Waals surface area contributed by atoms with E-state index in [-0.39, 0.29) is 5.82 Å². The van der Waals surface area contributed by atoms with Gasteiger partial charge in [0.1, 0.15) is 6.67 Å². The van der Waals surface area contributed by atoms with Crippen LogP contribution in [0.2, 0.25) is 0 Å². The number of nitrogens with zero attached hydrogens (tertiary/aromatic N) is 2. The van der Waals surface area contributed by atoms with Crippen LogP contribution in [-0.2, 0) is 16.3 Å². The molecule has 1 aromatic carbocycles. The maximum absolute atomic E-state index is 12.8. The largest absolute Gasteiger partial charge is 0.331 e. The second kappa shape index (κ2) is 4.82. The Morgan fingerprint density at radius 3 is 2.89 bits per heavy atom. The molecule has 0 atom stereocenters. The van der Waals surface area contributed by atoms with Gasteiger partial charge in [0.25, 0.3) is 5.56 Å². The van der Waals surface area contributed by atoms with Crippen LogP contribution in [-0.4, -0.2) is 15.6 Å². The van der Waals surface area contributed by atoms with Crippen LogP contribution in [0.1, 0.15) is 12.7 Å². The number of alkyl halides is 1. The molecule has 0 unspecified atom stereocenters. The molecule has 2 rings (SSSR count). The summed E-state index contributed by atoms with van der Waals surface area (Å²) < 4.78 is 13.6. The van der Waals surface area contributed by atoms with E-state index in [1.54, 1.807) is 24.3 Å². The van der Waals surface area contributed by atoms with Crippen LogP contribution in [0.3, 0.4) is 0 Å². The highest BCUT2D eigenvalue weighted by Gasteiger charge is 2.11. The number of carbonyl (C=O) groups is 1. The van der Waals surface area contributed by atoms with Crippen molar-refractivity contribution in [1.29, 1.82) is 0 Å². The Bertz CT molecular complexity index is 654. The number of benzene rings is 1.